The van der Waals surface area contributed by atoms with E-state index in [1.165, 1.54) is 24.3 Å². The number of halogens is 1. The zero-order valence-corrected chi connectivity index (χ0v) is 15.1. The molecule has 5 nitrogen and oxygen atoms in total. The van der Waals surface area contributed by atoms with E-state index in [0.29, 0.717) is 17.0 Å². The van der Waals surface area contributed by atoms with E-state index in [2.05, 4.69) is 10.0 Å². The highest BCUT2D eigenvalue weighted by atomic mass is 35.5. The minimum atomic E-state index is -3.61. The molecular formula is C18H19ClN2O3S. The number of amides is 1. The van der Waals surface area contributed by atoms with Crippen LogP contribution in [0.15, 0.2) is 53.4 Å². The predicted octanol–water partition coefficient (Wildman–Crippen LogP) is 2.75. The molecule has 0 saturated heterocycles. The molecule has 1 amide bonds. The van der Waals surface area contributed by atoms with Crippen LogP contribution in [-0.4, -0.2) is 26.9 Å². The lowest BCUT2D eigenvalue weighted by atomic mass is 10.2. The van der Waals surface area contributed by atoms with Crippen LogP contribution in [0.3, 0.4) is 0 Å². The lowest BCUT2D eigenvalue weighted by Crippen LogP contribution is -2.27. The molecule has 2 N–H and O–H groups in total. The molecule has 1 aliphatic carbocycles. The summed E-state index contributed by atoms with van der Waals surface area (Å²) in [4.78, 5) is 12.1. The van der Waals surface area contributed by atoms with Crippen molar-refractivity contribution in [2.75, 3.05) is 6.54 Å². The lowest BCUT2D eigenvalue weighted by Gasteiger charge is -2.08. The molecule has 0 atom stereocenters. The average molecular weight is 379 g/mol. The number of sulfonamides is 1. The summed E-state index contributed by atoms with van der Waals surface area (Å²) in [6.07, 6.45) is 2.56. The van der Waals surface area contributed by atoms with Crippen molar-refractivity contribution in [3.8, 4) is 0 Å². The quantitative estimate of drug-likeness (QED) is 0.777. The summed E-state index contributed by atoms with van der Waals surface area (Å²) in [5.41, 5.74) is 1.42. The zero-order valence-electron chi connectivity index (χ0n) is 13.5. The predicted molar refractivity (Wildman–Crippen MR) is 97.3 cm³/mol. The number of rotatable bonds is 7. The maximum atomic E-state index is 12.3. The second-order valence-electron chi connectivity index (χ2n) is 6.05. The molecule has 0 heterocycles. The summed E-state index contributed by atoms with van der Waals surface area (Å²) in [5.74, 6) is -0.166. The Bertz CT molecular complexity index is 862. The summed E-state index contributed by atoms with van der Waals surface area (Å²) in [5, 5.41) is 3.50. The van der Waals surface area contributed by atoms with E-state index < -0.39 is 10.0 Å². The van der Waals surface area contributed by atoms with Crippen molar-refractivity contribution < 1.29 is 13.2 Å². The summed E-state index contributed by atoms with van der Waals surface area (Å²) in [7, 11) is -3.61. The number of carbonyl (C=O) groups excluding carboxylic acids is 1. The van der Waals surface area contributed by atoms with Crippen molar-refractivity contribution in [1.29, 1.82) is 0 Å². The van der Waals surface area contributed by atoms with E-state index >= 15 is 0 Å². The topological polar surface area (TPSA) is 75.3 Å². The number of nitrogens with one attached hydrogen (secondary N) is 2. The Labute approximate surface area is 152 Å². The van der Waals surface area contributed by atoms with E-state index in [4.69, 9.17) is 11.6 Å². The van der Waals surface area contributed by atoms with Gasteiger partial charge in [-0.05, 0) is 61.2 Å². The summed E-state index contributed by atoms with van der Waals surface area (Å²) in [6.45, 7) is 0.270. The van der Waals surface area contributed by atoms with Gasteiger partial charge in [-0.3, -0.25) is 4.79 Å². The zero-order chi connectivity index (χ0) is 17.9. The minimum absolute atomic E-state index is 0.140. The Kier molecular flexibility index (Phi) is 5.42. The van der Waals surface area contributed by atoms with Crippen LogP contribution in [0.5, 0.6) is 0 Å². The number of carbonyl (C=O) groups is 1. The molecule has 3 rings (SSSR count). The SMILES string of the molecule is O=C(NC1CC1)c1ccc(S(=O)(=O)NCCc2cccc(Cl)c2)cc1. The van der Waals surface area contributed by atoms with Gasteiger partial charge in [-0.2, -0.15) is 0 Å². The van der Waals surface area contributed by atoms with Crippen molar-refractivity contribution in [2.24, 2.45) is 0 Å². The number of hydrogen-bond acceptors (Lipinski definition) is 3. The third-order valence-corrected chi connectivity index (χ3v) is 5.65. The van der Waals surface area contributed by atoms with Crippen LogP contribution in [-0.2, 0) is 16.4 Å². The molecule has 0 radical (unpaired) electrons. The molecule has 0 aromatic heterocycles. The second-order valence-corrected chi connectivity index (χ2v) is 8.25. The van der Waals surface area contributed by atoms with Gasteiger partial charge in [0, 0.05) is 23.2 Å². The maximum absolute atomic E-state index is 12.3. The van der Waals surface area contributed by atoms with Gasteiger partial charge in [-0.15, -0.1) is 0 Å². The summed E-state index contributed by atoms with van der Waals surface area (Å²) < 4.78 is 27.2. The standard InChI is InChI=1S/C18H19ClN2O3S/c19-15-3-1-2-13(12-15)10-11-20-25(23,24)17-8-4-14(5-9-17)18(22)21-16-6-7-16/h1-5,8-9,12,16,20H,6-7,10-11H2,(H,21,22). The van der Waals surface area contributed by atoms with Gasteiger partial charge in [-0.25, -0.2) is 13.1 Å². The first kappa shape index (κ1) is 17.9. The van der Waals surface area contributed by atoms with Crippen LogP contribution in [0.4, 0.5) is 0 Å². The molecule has 0 unspecified atom stereocenters. The average Bonchev–Trinajstić information content (AvgIpc) is 3.39. The smallest absolute Gasteiger partial charge is 0.251 e. The first-order valence-corrected chi connectivity index (χ1v) is 9.95. The van der Waals surface area contributed by atoms with E-state index in [0.717, 1.165) is 18.4 Å². The van der Waals surface area contributed by atoms with E-state index in [1.807, 2.05) is 18.2 Å². The van der Waals surface area contributed by atoms with Gasteiger partial charge in [-0.1, -0.05) is 23.7 Å². The van der Waals surface area contributed by atoms with Crippen LogP contribution in [0.1, 0.15) is 28.8 Å². The number of hydrogen-bond donors (Lipinski definition) is 2. The molecule has 1 aliphatic rings. The first-order chi connectivity index (χ1) is 11.9. The molecule has 132 valence electrons. The van der Waals surface area contributed by atoms with E-state index in [1.54, 1.807) is 6.07 Å². The van der Waals surface area contributed by atoms with Crippen LogP contribution in [0.25, 0.3) is 0 Å². The molecule has 25 heavy (non-hydrogen) atoms. The Morgan fingerprint density at radius 3 is 2.48 bits per heavy atom. The molecule has 0 aliphatic heterocycles. The minimum Gasteiger partial charge on any atom is -0.349 e. The Morgan fingerprint density at radius 2 is 1.84 bits per heavy atom. The molecule has 1 saturated carbocycles. The molecule has 2 aromatic carbocycles. The van der Waals surface area contributed by atoms with Gasteiger partial charge in [0.25, 0.3) is 5.91 Å². The monoisotopic (exact) mass is 378 g/mol. The maximum Gasteiger partial charge on any atom is 0.251 e. The Balaban J connectivity index is 1.58. The van der Waals surface area contributed by atoms with Gasteiger partial charge < -0.3 is 5.32 Å². The third-order valence-electron chi connectivity index (χ3n) is 3.93. The fourth-order valence-corrected chi connectivity index (χ4v) is 3.63. The Morgan fingerprint density at radius 1 is 1.12 bits per heavy atom. The normalized spacial score (nSPS) is 14.3. The molecule has 2 aromatic rings. The molecule has 7 heteroatoms. The first-order valence-electron chi connectivity index (χ1n) is 8.09. The van der Waals surface area contributed by atoms with Crippen molar-refractivity contribution in [1.82, 2.24) is 10.0 Å². The Hall–Kier alpha value is -1.89. The highest BCUT2D eigenvalue weighted by Crippen LogP contribution is 2.19. The summed E-state index contributed by atoms with van der Waals surface area (Å²) in [6, 6.07) is 13.5. The third kappa shape index (κ3) is 5.04. The van der Waals surface area contributed by atoms with Crippen LogP contribution in [0.2, 0.25) is 5.02 Å². The lowest BCUT2D eigenvalue weighted by molar-refractivity contribution is 0.0951. The van der Waals surface area contributed by atoms with Crippen LogP contribution >= 0.6 is 11.6 Å². The second kappa shape index (κ2) is 7.56. The van der Waals surface area contributed by atoms with Gasteiger partial charge in [0.1, 0.15) is 0 Å². The fraction of sp³-hybridized carbons (Fsp3) is 0.278. The van der Waals surface area contributed by atoms with E-state index in [-0.39, 0.29) is 23.4 Å². The molecule has 0 bridgehead atoms. The van der Waals surface area contributed by atoms with E-state index in [9.17, 15) is 13.2 Å². The highest BCUT2D eigenvalue weighted by Gasteiger charge is 2.24. The van der Waals surface area contributed by atoms with Crippen LogP contribution in [0, 0.1) is 0 Å². The molecular weight excluding hydrogens is 360 g/mol. The largest absolute Gasteiger partial charge is 0.349 e. The van der Waals surface area contributed by atoms with Gasteiger partial charge >= 0.3 is 0 Å². The van der Waals surface area contributed by atoms with Gasteiger partial charge in [0.05, 0.1) is 4.90 Å². The molecule has 0 spiro atoms. The number of benzene rings is 2. The summed E-state index contributed by atoms with van der Waals surface area (Å²) >= 11 is 5.91. The highest BCUT2D eigenvalue weighted by molar-refractivity contribution is 7.89. The van der Waals surface area contributed by atoms with Crippen molar-refractivity contribution in [2.45, 2.75) is 30.2 Å². The van der Waals surface area contributed by atoms with Gasteiger partial charge in [0.15, 0.2) is 0 Å². The van der Waals surface area contributed by atoms with Crippen molar-refractivity contribution >= 4 is 27.5 Å². The molecule has 1 fully saturated rings. The fourth-order valence-electron chi connectivity index (χ4n) is 2.39. The van der Waals surface area contributed by atoms with Crippen molar-refractivity contribution in [3.63, 3.8) is 0 Å². The van der Waals surface area contributed by atoms with Gasteiger partial charge in [0.2, 0.25) is 10.0 Å². The van der Waals surface area contributed by atoms with Crippen molar-refractivity contribution in [3.05, 3.63) is 64.7 Å². The van der Waals surface area contributed by atoms with Crippen LogP contribution < -0.4 is 10.0 Å².